The van der Waals surface area contributed by atoms with Gasteiger partial charge in [0.25, 0.3) is 11.8 Å². The summed E-state index contributed by atoms with van der Waals surface area (Å²) in [5.74, 6) is -3.84. The van der Waals surface area contributed by atoms with Gasteiger partial charge in [-0.1, -0.05) is 18.2 Å². The number of amides is 5. The van der Waals surface area contributed by atoms with Gasteiger partial charge < -0.3 is 20.3 Å². The second kappa shape index (κ2) is 15.9. The van der Waals surface area contributed by atoms with Crippen LogP contribution in [0.1, 0.15) is 45.5 Å². The zero-order chi connectivity index (χ0) is 38.8. The zero-order valence-electron chi connectivity index (χ0n) is 29.4. The quantitative estimate of drug-likeness (QED) is 0.106. The van der Waals surface area contributed by atoms with E-state index in [9.17, 15) is 28.4 Å². The van der Waals surface area contributed by atoms with Gasteiger partial charge in [-0.2, -0.15) is 0 Å². The van der Waals surface area contributed by atoms with Gasteiger partial charge in [-0.25, -0.2) is 18.7 Å². The third-order valence-electron chi connectivity index (χ3n) is 9.66. The van der Waals surface area contributed by atoms with E-state index in [1.807, 2.05) is 0 Å². The van der Waals surface area contributed by atoms with Gasteiger partial charge in [0.15, 0.2) is 0 Å². The fourth-order valence-electron chi connectivity index (χ4n) is 6.89. The van der Waals surface area contributed by atoms with E-state index in [0.29, 0.717) is 72.1 Å². The van der Waals surface area contributed by atoms with Crippen molar-refractivity contribution in [3.8, 4) is 5.75 Å². The molecule has 55 heavy (non-hydrogen) atoms. The lowest BCUT2D eigenvalue weighted by molar-refractivity contribution is -0.136. The molecule has 5 amide bonds. The van der Waals surface area contributed by atoms with E-state index in [1.54, 1.807) is 12.1 Å². The van der Waals surface area contributed by atoms with E-state index in [0.717, 1.165) is 30.6 Å². The molecular formula is C38H35ClF2N8O6. The lowest BCUT2D eigenvalue weighted by atomic mass is 10.0. The van der Waals surface area contributed by atoms with Crippen LogP contribution in [-0.4, -0.2) is 99.6 Å². The highest BCUT2D eigenvalue weighted by Gasteiger charge is 2.46. The van der Waals surface area contributed by atoms with Crippen LogP contribution >= 0.6 is 11.6 Å². The SMILES string of the molecule is C=CC(=O)Nc1cc2c(Nc3ccc(F)c(Cl)c3)ncnc2cc1OCCCN1CCN(Cc2cc(F)c3c(c2)C(=O)N(C2CCC(=O)NC2=O)C3=O)CC1. The number of piperazine rings is 1. The van der Waals surface area contributed by atoms with Crippen LogP contribution in [0.5, 0.6) is 5.75 Å². The maximum atomic E-state index is 15.2. The van der Waals surface area contributed by atoms with Gasteiger partial charge in [-0.15, -0.1) is 0 Å². The zero-order valence-corrected chi connectivity index (χ0v) is 30.1. The molecule has 1 atom stereocenters. The minimum atomic E-state index is -1.17. The molecule has 0 spiro atoms. The first kappa shape index (κ1) is 37.5. The van der Waals surface area contributed by atoms with Crippen molar-refractivity contribution in [1.82, 2.24) is 30.0 Å². The molecule has 4 heterocycles. The number of halogens is 3. The molecule has 0 aliphatic carbocycles. The predicted molar refractivity (Wildman–Crippen MR) is 198 cm³/mol. The van der Waals surface area contributed by atoms with E-state index >= 15 is 4.39 Å². The molecule has 3 N–H and O–H groups in total. The number of carbonyl (C=O) groups excluding carboxylic acids is 5. The summed E-state index contributed by atoms with van der Waals surface area (Å²) in [6.45, 7) is 7.78. The Morgan fingerprint density at radius 1 is 1.00 bits per heavy atom. The number of benzene rings is 3. The number of ether oxygens (including phenoxy) is 1. The van der Waals surface area contributed by atoms with Gasteiger partial charge >= 0.3 is 0 Å². The van der Waals surface area contributed by atoms with Crippen molar-refractivity contribution in [2.75, 3.05) is 50.0 Å². The largest absolute Gasteiger partial charge is 0.491 e. The van der Waals surface area contributed by atoms with Crippen LogP contribution in [0.4, 0.5) is 26.0 Å². The van der Waals surface area contributed by atoms with E-state index in [4.69, 9.17) is 16.3 Å². The molecule has 1 unspecified atom stereocenters. The van der Waals surface area contributed by atoms with Crippen molar-refractivity contribution in [2.24, 2.45) is 0 Å². The Bertz CT molecular complexity index is 2250. The van der Waals surface area contributed by atoms with Crippen LogP contribution in [-0.2, 0) is 20.9 Å². The number of nitrogens with one attached hydrogen (secondary N) is 3. The Hall–Kier alpha value is -5.84. The lowest BCUT2D eigenvalue weighted by Gasteiger charge is -2.34. The van der Waals surface area contributed by atoms with Gasteiger partial charge in [0.1, 0.15) is 35.6 Å². The molecule has 284 valence electrons. The molecule has 0 saturated carbocycles. The summed E-state index contributed by atoms with van der Waals surface area (Å²) in [5, 5.41) is 8.56. The summed E-state index contributed by atoms with van der Waals surface area (Å²) in [6.07, 6.45) is 3.16. The second-order valence-electron chi connectivity index (χ2n) is 13.3. The summed E-state index contributed by atoms with van der Waals surface area (Å²) in [4.78, 5) is 76.4. The van der Waals surface area contributed by atoms with E-state index in [-0.39, 0.29) is 29.0 Å². The Morgan fingerprint density at radius 2 is 1.78 bits per heavy atom. The molecule has 2 fully saturated rings. The highest BCUT2D eigenvalue weighted by atomic mass is 35.5. The van der Waals surface area contributed by atoms with Crippen LogP contribution in [0, 0.1) is 11.6 Å². The van der Waals surface area contributed by atoms with Crippen LogP contribution in [0.15, 0.2) is 61.4 Å². The van der Waals surface area contributed by atoms with Crippen LogP contribution in [0.25, 0.3) is 10.9 Å². The molecule has 14 nitrogen and oxygen atoms in total. The topological polar surface area (TPSA) is 166 Å². The summed E-state index contributed by atoms with van der Waals surface area (Å²) in [5.41, 5.74) is 1.54. The lowest BCUT2D eigenvalue weighted by Crippen LogP contribution is -2.54. The molecule has 0 bridgehead atoms. The van der Waals surface area contributed by atoms with E-state index < -0.39 is 47.2 Å². The maximum absolute atomic E-state index is 15.2. The maximum Gasteiger partial charge on any atom is 0.265 e. The van der Waals surface area contributed by atoms with Gasteiger partial charge in [0.2, 0.25) is 17.7 Å². The number of anilines is 3. The third kappa shape index (κ3) is 8.01. The van der Waals surface area contributed by atoms with Crippen LogP contribution in [0.2, 0.25) is 5.02 Å². The van der Waals surface area contributed by atoms with Crippen LogP contribution < -0.4 is 20.7 Å². The number of hydrogen-bond acceptors (Lipinski definition) is 11. The molecule has 1 aromatic heterocycles. The predicted octanol–water partition coefficient (Wildman–Crippen LogP) is 4.42. The van der Waals surface area contributed by atoms with E-state index in [1.165, 1.54) is 36.7 Å². The number of imide groups is 2. The fraction of sp³-hybridized carbons (Fsp3) is 0.289. The summed E-state index contributed by atoms with van der Waals surface area (Å²) in [7, 11) is 0. The van der Waals surface area contributed by atoms with Crippen molar-refractivity contribution >= 4 is 69.2 Å². The first-order chi connectivity index (χ1) is 26.5. The molecule has 0 radical (unpaired) electrons. The minimum Gasteiger partial charge on any atom is -0.491 e. The first-order valence-electron chi connectivity index (χ1n) is 17.5. The molecule has 2 saturated heterocycles. The van der Waals surface area contributed by atoms with Crippen LogP contribution in [0.3, 0.4) is 0 Å². The number of fused-ring (bicyclic) bond motifs is 2. The third-order valence-corrected chi connectivity index (χ3v) is 9.95. The normalized spacial score (nSPS) is 17.7. The number of hydrogen-bond donors (Lipinski definition) is 3. The Morgan fingerprint density at radius 3 is 2.53 bits per heavy atom. The molecule has 3 aromatic carbocycles. The second-order valence-corrected chi connectivity index (χ2v) is 13.7. The average molecular weight is 773 g/mol. The number of piperidine rings is 1. The number of carbonyl (C=O) groups is 5. The van der Waals surface area contributed by atoms with Crippen molar-refractivity contribution in [3.63, 3.8) is 0 Å². The summed E-state index contributed by atoms with van der Waals surface area (Å²) < 4.78 is 35.1. The summed E-state index contributed by atoms with van der Waals surface area (Å²) >= 11 is 5.95. The van der Waals surface area contributed by atoms with Crippen molar-refractivity contribution in [3.05, 3.63) is 94.8 Å². The number of aromatic nitrogens is 2. The number of rotatable bonds is 12. The molecule has 4 aromatic rings. The monoisotopic (exact) mass is 772 g/mol. The van der Waals surface area contributed by atoms with Crippen molar-refractivity contribution in [1.29, 1.82) is 0 Å². The van der Waals surface area contributed by atoms with E-state index in [2.05, 4.69) is 42.3 Å². The molecule has 3 aliphatic rings. The molecular weight excluding hydrogens is 738 g/mol. The Kier molecular flexibility index (Phi) is 10.8. The highest BCUT2D eigenvalue weighted by molar-refractivity contribution is 6.31. The Labute approximate surface area is 318 Å². The molecule has 3 aliphatic heterocycles. The van der Waals surface area contributed by atoms with Gasteiger partial charge in [-0.3, -0.25) is 39.1 Å². The fourth-order valence-corrected chi connectivity index (χ4v) is 7.07. The van der Waals surface area contributed by atoms with Gasteiger partial charge in [0.05, 0.1) is 34.0 Å². The van der Waals surface area contributed by atoms with Crippen molar-refractivity contribution in [2.45, 2.75) is 31.8 Å². The highest BCUT2D eigenvalue weighted by Crippen LogP contribution is 2.35. The average Bonchev–Trinajstić information content (AvgIpc) is 3.41. The standard InChI is InChI=1S/C38H35ClF2N8O6/c1-2-32(50)45-29-17-23-28(42-20-43-35(23)44-22-4-5-26(40)25(39)16-22)18-31(29)55-13-3-8-47-9-11-48(12-10-47)19-21-14-24-34(27(41)15-21)38(54)49(37(24)53)30-6-7-33(51)46-36(30)52/h2,4-5,14-18,20,30H,1,3,6-13,19H2,(H,45,50)(H,42,43,44)(H,46,51,52). The summed E-state index contributed by atoms with van der Waals surface area (Å²) in [6, 6.07) is 9.19. The van der Waals surface area contributed by atoms with Crippen molar-refractivity contribution < 1.29 is 37.5 Å². The smallest absolute Gasteiger partial charge is 0.265 e. The first-order valence-corrected chi connectivity index (χ1v) is 17.9. The number of nitrogens with zero attached hydrogens (tertiary/aromatic N) is 5. The molecule has 7 rings (SSSR count). The molecule has 17 heteroatoms. The van der Waals surface area contributed by atoms with Gasteiger partial charge in [-0.05, 0) is 60.9 Å². The minimum absolute atomic E-state index is 0.00869. The van der Waals surface area contributed by atoms with Gasteiger partial charge in [0, 0.05) is 62.8 Å². The Balaban J connectivity index is 0.935.